The second-order valence-corrected chi connectivity index (χ2v) is 6.43. The summed E-state index contributed by atoms with van der Waals surface area (Å²) in [5.41, 5.74) is 4.04. The van der Waals surface area contributed by atoms with Gasteiger partial charge in [0.1, 0.15) is 0 Å². The van der Waals surface area contributed by atoms with Gasteiger partial charge in [-0.1, -0.05) is 18.2 Å². The number of fused-ring (bicyclic) bond motifs is 1. The lowest BCUT2D eigenvalue weighted by Gasteiger charge is -2.12. The number of carbonyl (C=O) groups excluding carboxylic acids is 3. The predicted molar refractivity (Wildman–Crippen MR) is 107 cm³/mol. The molecule has 0 bridgehead atoms. The molecule has 1 heterocycles. The van der Waals surface area contributed by atoms with Gasteiger partial charge in [0.25, 0.3) is 5.91 Å². The van der Waals surface area contributed by atoms with Crippen LogP contribution in [0.3, 0.4) is 0 Å². The molecule has 8 nitrogen and oxygen atoms in total. The third-order valence-corrected chi connectivity index (χ3v) is 4.23. The Hall–Kier alpha value is -3.81. The molecule has 0 saturated carbocycles. The number of ether oxygens (including phenoxy) is 1. The van der Waals surface area contributed by atoms with E-state index in [2.05, 4.69) is 20.6 Å². The van der Waals surface area contributed by atoms with Gasteiger partial charge in [0.05, 0.1) is 23.1 Å². The van der Waals surface area contributed by atoms with Crippen molar-refractivity contribution in [1.82, 2.24) is 15.3 Å². The quantitative estimate of drug-likeness (QED) is 0.622. The number of hydrogen-bond acceptors (Lipinski definition) is 6. The van der Waals surface area contributed by atoms with E-state index in [1.54, 1.807) is 24.4 Å². The third-order valence-electron chi connectivity index (χ3n) is 4.23. The molecule has 2 aromatic carbocycles. The highest BCUT2D eigenvalue weighted by Crippen LogP contribution is 2.19. The summed E-state index contributed by atoms with van der Waals surface area (Å²) in [5, 5.41) is 5.19. The molecule has 3 aromatic rings. The molecule has 3 rings (SSSR count). The number of esters is 1. The number of hydrogen-bond donors (Lipinski definition) is 2. The molecule has 0 unspecified atom stereocenters. The molecule has 0 saturated heterocycles. The van der Waals surface area contributed by atoms with Crippen molar-refractivity contribution in [2.45, 2.75) is 13.8 Å². The highest BCUT2D eigenvalue weighted by molar-refractivity contribution is 5.97. The van der Waals surface area contributed by atoms with Crippen LogP contribution in [-0.2, 0) is 14.3 Å². The van der Waals surface area contributed by atoms with Crippen molar-refractivity contribution in [3.63, 3.8) is 0 Å². The molecule has 0 aliphatic rings. The van der Waals surface area contributed by atoms with E-state index in [0.717, 1.165) is 16.8 Å². The lowest BCUT2D eigenvalue weighted by molar-refractivity contribution is -0.126. The van der Waals surface area contributed by atoms with Gasteiger partial charge >= 0.3 is 5.97 Å². The number of aromatic nitrogens is 2. The molecule has 148 valence electrons. The van der Waals surface area contributed by atoms with Gasteiger partial charge in [-0.3, -0.25) is 19.6 Å². The van der Waals surface area contributed by atoms with E-state index in [0.29, 0.717) is 11.0 Å². The summed E-state index contributed by atoms with van der Waals surface area (Å²) in [5.74, 6) is -1.60. The van der Waals surface area contributed by atoms with E-state index in [9.17, 15) is 14.4 Å². The molecule has 2 amide bonds. The van der Waals surface area contributed by atoms with Gasteiger partial charge in [-0.05, 0) is 43.2 Å². The monoisotopic (exact) mass is 392 g/mol. The van der Waals surface area contributed by atoms with Gasteiger partial charge in [0.15, 0.2) is 6.61 Å². The Morgan fingerprint density at radius 3 is 2.34 bits per heavy atom. The summed E-state index contributed by atoms with van der Waals surface area (Å²) in [4.78, 5) is 44.3. The molecule has 29 heavy (non-hydrogen) atoms. The molecule has 0 aliphatic carbocycles. The van der Waals surface area contributed by atoms with Crippen LogP contribution in [0, 0.1) is 13.8 Å². The van der Waals surface area contributed by atoms with Crippen LogP contribution in [0.1, 0.15) is 21.5 Å². The van der Waals surface area contributed by atoms with Gasteiger partial charge in [-0.25, -0.2) is 4.79 Å². The molecule has 0 spiro atoms. The van der Waals surface area contributed by atoms with E-state index < -0.39 is 18.5 Å². The average Bonchev–Trinajstić information content (AvgIpc) is 2.72. The molecular formula is C21H20N4O4. The largest absolute Gasteiger partial charge is 0.452 e. The van der Waals surface area contributed by atoms with E-state index in [-0.39, 0.29) is 18.0 Å². The van der Waals surface area contributed by atoms with E-state index in [1.807, 2.05) is 32.0 Å². The van der Waals surface area contributed by atoms with Crippen LogP contribution in [0.25, 0.3) is 11.0 Å². The molecule has 0 radical (unpaired) electrons. The highest BCUT2D eigenvalue weighted by atomic mass is 16.5. The van der Waals surface area contributed by atoms with E-state index in [4.69, 9.17) is 4.74 Å². The van der Waals surface area contributed by atoms with Crippen molar-refractivity contribution in [2.24, 2.45) is 0 Å². The maximum atomic E-state index is 12.1. The number of rotatable bonds is 6. The average molecular weight is 392 g/mol. The lowest BCUT2D eigenvalue weighted by atomic mass is 10.1. The number of nitrogens with one attached hydrogen (secondary N) is 2. The van der Waals surface area contributed by atoms with Crippen molar-refractivity contribution in [2.75, 3.05) is 18.5 Å². The summed E-state index contributed by atoms with van der Waals surface area (Å²) < 4.78 is 5.00. The zero-order chi connectivity index (χ0) is 20.8. The number of anilines is 1. The minimum Gasteiger partial charge on any atom is -0.452 e. The predicted octanol–water partition coefficient (Wildman–Crippen LogP) is 2.16. The third kappa shape index (κ3) is 5.13. The van der Waals surface area contributed by atoms with Crippen molar-refractivity contribution in [1.29, 1.82) is 0 Å². The Balaban J connectivity index is 1.47. The minimum atomic E-state index is -0.660. The van der Waals surface area contributed by atoms with Gasteiger partial charge < -0.3 is 15.4 Å². The molecule has 8 heteroatoms. The van der Waals surface area contributed by atoms with Crippen LogP contribution >= 0.6 is 0 Å². The molecular weight excluding hydrogens is 372 g/mol. The number of para-hydroxylation sites is 1. The second-order valence-electron chi connectivity index (χ2n) is 6.43. The SMILES string of the molecule is Cc1cccc(C)c1NC(=O)CNC(=O)COC(=O)c1ccc2nccnc2c1. The fourth-order valence-corrected chi connectivity index (χ4v) is 2.73. The molecule has 0 fully saturated rings. The Bertz CT molecular complexity index is 1060. The summed E-state index contributed by atoms with van der Waals surface area (Å²) in [6.07, 6.45) is 3.08. The Morgan fingerprint density at radius 1 is 0.931 bits per heavy atom. The van der Waals surface area contributed by atoms with E-state index >= 15 is 0 Å². The summed E-state index contributed by atoms with van der Waals surface area (Å²) in [6, 6.07) is 10.4. The molecule has 0 atom stereocenters. The van der Waals surface area contributed by atoms with Crippen LogP contribution in [0.4, 0.5) is 5.69 Å². The Labute approximate surface area is 167 Å². The summed E-state index contributed by atoms with van der Waals surface area (Å²) in [7, 11) is 0. The zero-order valence-electron chi connectivity index (χ0n) is 16.1. The van der Waals surface area contributed by atoms with Gasteiger partial charge in [0, 0.05) is 18.1 Å². The topological polar surface area (TPSA) is 110 Å². The van der Waals surface area contributed by atoms with Gasteiger partial charge in [0.2, 0.25) is 5.91 Å². The lowest BCUT2D eigenvalue weighted by Crippen LogP contribution is -2.35. The van der Waals surface area contributed by atoms with Crippen molar-refractivity contribution < 1.29 is 19.1 Å². The summed E-state index contributed by atoms with van der Waals surface area (Å²) >= 11 is 0. The smallest absolute Gasteiger partial charge is 0.338 e. The van der Waals surface area contributed by atoms with Crippen LogP contribution in [-0.4, -0.2) is 40.9 Å². The zero-order valence-corrected chi connectivity index (χ0v) is 16.1. The van der Waals surface area contributed by atoms with Crippen LogP contribution in [0.5, 0.6) is 0 Å². The van der Waals surface area contributed by atoms with E-state index in [1.165, 1.54) is 6.20 Å². The highest BCUT2D eigenvalue weighted by Gasteiger charge is 2.13. The first-order valence-corrected chi connectivity index (χ1v) is 8.94. The molecule has 2 N–H and O–H groups in total. The van der Waals surface area contributed by atoms with Crippen LogP contribution in [0.15, 0.2) is 48.8 Å². The minimum absolute atomic E-state index is 0.226. The second kappa shape index (κ2) is 8.92. The number of aryl methyl sites for hydroxylation is 2. The summed E-state index contributed by atoms with van der Waals surface area (Å²) in [6.45, 7) is 3.06. The first kappa shape index (κ1) is 19.9. The first-order valence-electron chi connectivity index (χ1n) is 8.94. The standard InChI is InChI=1S/C21H20N4O4/c1-13-4-3-5-14(2)20(13)25-18(26)11-24-19(27)12-29-21(28)15-6-7-16-17(10-15)23-9-8-22-16/h3-10H,11-12H2,1-2H3,(H,24,27)(H,25,26). The number of nitrogens with zero attached hydrogens (tertiary/aromatic N) is 2. The molecule has 0 aliphatic heterocycles. The maximum absolute atomic E-state index is 12.1. The van der Waals surface area contributed by atoms with Crippen molar-refractivity contribution >= 4 is 34.5 Å². The normalized spacial score (nSPS) is 10.4. The number of carbonyl (C=O) groups is 3. The van der Waals surface area contributed by atoms with Crippen LogP contribution in [0.2, 0.25) is 0 Å². The number of amides is 2. The Kier molecular flexibility index (Phi) is 6.13. The van der Waals surface area contributed by atoms with Crippen molar-refractivity contribution in [3.05, 3.63) is 65.5 Å². The maximum Gasteiger partial charge on any atom is 0.338 e. The van der Waals surface area contributed by atoms with Gasteiger partial charge in [-0.15, -0.1) is 0 Å². The van der Waals surface area contributed by atoms with Crippen molar-refractivity contribution in [3.8, 4) is 0 Å². The fourth-order valence-electron chi connectivity index (χ4n) is 2.73. The van der Waals surface area contributed by atoms with Gasteiger partial charge in [-0.2, -0.15) is 0 Å². The van der Waals surface area contributed by atoms with Crippen LogP contribution < -0.4 is 10.6 Å². The molecule has 1 aromatic heterocycles. The first-order chi connectivity index (χ1) is 13.9. The fraction of sp³-hybridized carbons (Fsp3) is 0.190. The number of benzene rings is 2. The Morgan fingerprint density at radius 2 is 1.62 bits per heavy atom.